The van der Waals surface area contributed by atoms with Crippen LogP contribution in [-0.4, -0.2) is 60.1 Å². The molecule has 0 unspecified atom stereocenters. The Labute approximate surface area is 104 Å². The van der Waals surface area contributed by atoms with Crippen molar-refractivity contribution in [2.75, 3.05) is 39.6 Å². The Morgan fingerprint density at radius 1 is 0.471 bits per heavy atom. The molecule has 0 radical (unpaired) electrons. The normalized spacial score (nSPS) is 9.88. The fourth-order valence-electron chi connectivity index (χ4n) is 1.16. The molecule has 0 aromatic rings. The standard InChI is InChI=1S/C8H18O2.C4H10O3/c9-7-5-3-1-2-4-6-8-10;5-1-3-7-4-2-6/h9-10H,1-8H2;5-6H,1-4H2. The molecule has 0 heterocycles. The van der Waals surface area contributed by atoms with Crippen molar-refractivity contribution in [3.63, 3.8) is 0 Å². The lowest BCUT2D eigenvalue weighted by atomic mass is 10.1. The molecule has 4 N–H and O–H groups in total. The minimum absolute atomic E-state index is 0.0278. The van der Waals surface area contributed by atoms with E-state index < -0.39 is 0 Å². The van der Waals surface area contributed by atoms with Crippen molar-refractivity contribution in [2.45, 2.75) is 38.5 Å². The Morgan fingerprint density at radius 3 is 1.12 bits per heavy atom. The summed E-state index contributed by atoms with van der Waals surface area (Å²) in [5.74, 6) is 0. The minimum atomic E-state index is 0.0278. The lowest BCUT2D eigenvalue weighted by molar-refractivity contribution is 0.0650. The van der Waals surface area contributed by atoms with Crippen LogP contribution in [0.3, 0.4) is 0 Å². The zero-order valence-corrected chi connectivity index (χ0v) is 10.7. The van der Waals surface area contributed by atoms with E-state index in [2.05, 4.69) is 4.74 Å². The Hall–Kier alpha value is -0.200. The maximum atomic E-state index is 8.43. The molecule has 17 heavy (non-hydrogen) atoms. The first-order chi connectivity index (χ1) is 8.33. The molecule has 0 aliphatic heterocycles. The molecule has 0 aromatic carbocycles. The van der Waals surface area contributed by atoms with Crippen LogP contribution in [0.25, 0.3) is 0 Å². The van der Waals surface area contributed by atoms with Gasteiger partial charge in [-0.05, 0) is 12.8 Å². The third kappa shape index (κ3) is 25.8. The molecule has 5 nitrogen and oxygen atoms in total. The number of unbranched alkanes of at least 4 members (excludes halogenated alkanes) is 5. The van der Waals surface area contributed by atoms with Gasteiger partial charge >= 0.3 is 0 Å². The Balaban J connectivity index is 0. The summed E-state index contributed by atoms with van der Waals surface area (Å²) in [6, 6.07) is 0. The van der Waals surface area contributed by atoms with Crippen molar-refractivity contribution >= 4 is 0 Å². The zero-order valence-electron chi connectivity index (χ0n) is 10.7. The van der Waals surface area contributed by atoms with Crippen LogP contribution in [0.1, 0.15) is 38.5 Å². The van der Waals surface area contributed by atoms with E-state index in [1.807, 2.05) is 0 Å². The Morgan fingerprint density at radius 2 is 0.824 bits per heavy atom. The van der Waals surface area contributed by atoms with E-state index >= 15 is 0 Å². The van der Waals surface area contributed by atoms with E-state index in [-0.39, 0.29) is 13.2 Å². The van der Waals surface area contributed by atoms with Gasteiger partial charge < -0.3 is 25.2 Å². The second-order valence-electron chi connectivity index (χ2n) is 3.63. The van der Waals surface area contributed by atoms with Gasteiger partial charge in [0.1, 0.15) is 0 Å². The number of ether oxygens (including phenoxy) is 1. The summed E-state index contributed by atoms with van der Waals surface area (Å²) < 4.78 is 4.63. The van der Waals surface area contributed by atoms with E-state index in [0.29, 0.717) is 26.4 Å². The van der Waals surface area contributed by atoms with Crippen LogP contribution >= 0.6 is 0 Å². The highest BCUT2D eigenvalue weighted by molar-refractivity contribution is 4.43. The van der Waals surface area contributed by atoms with Crippen LogP contribution in [0, 0.1) is 0 Å². The van der Waals surface area contributed by atoms with Crippen molar-refractivity contribution < 1.29 is 25.2 Å². The van der Waals surface area contributed by atoms with Crippen molar-refractivity contribution in [3.8, 4) is 0 Å². The number of aliphatic hydroxyl groups is 4. The predicted octanol–water partition coefficient (Wildman–Crippen LogP) is 0.299. The molecular weight excluding hydrogens is 224 g/mol. The van der Waals surface area contributed by atoms with Crippen molar-refractivity contribution in [2.24, 2.45) is 0 Å². The summed E-state index contributed by atoms with van der Waals surface area (Å²) >= 11 is 0. The van der Waals surface area contributed by atoms with Crippen LogP contribution in [0.15, 0.2) is 0 Å². The van der Waals surface area contributed by atoms with Crippen LogP contribution in [-0.2, 0) is 4.74 Å². The van der Waals surface area contributed by atoms with Crippen molar-refractivity contribution in [1.29, 1.82) is 0 Å². The average Bonchev–Trinajstić information content (AvgIpc) is 2.35. The van der Waals surface area contributed by atoms with Crippen molar-refractivity contribution in [3.05, 3.63) is 0 Å². The first-order valence-electron chi connectivity index (χ1n) is 6.34. The minimum Gasteiger partial charge on any atom is -0.396 e. The summed E-state index contributed by atoms with van der Waals surface area (Å²) in [6.45, 7) is 1.33. The van der Waals surface area contributed by atoms with Crippen LogP contribution in [0.5, 0.6) is 0 Å². The Kier molecular flexibility index (Phi) is 23.8. The van der Waals surface area contributed by atoms with Gasteiger partial charge in [0.05, 0.1) is 26.4 Å². The van der Waals surface area contributed by atoms with Gasteiger partial charge in [0.2, 0.25) is 0 Å². The largest absolute Gasteiger partial charge is 0.396 e. The summed E-state index contributed by atoms with van der Waals surface area (Å²) in [7, 11) is 0. The molecule has 0 spiro atoms. The van der Waals surface area contributed by atoms with Gasteiger partial charge in [-0.3, -0.25) is 0 Å². The Bertz CT molecular complexity index is 99.1. The maximum Gasteiger partial charge on any atom is 0.0698 e. The molecule has 0 aliphatic rings. The summed E-state index contributed by atoms with van der Waals surface area (Å²) in [6.07, 6.45) is 6.50. The fourth-order valence-corrected chi connectivity index (χ4v) is 1.16. The zero-order chi connectivity index (χ0) is 13.2. The number of aliphatic hydroxyl groups excluding tert-OH is 4. The van der Waals surface area contributed by atoms with Crippen LogP contribution in [0.2, 0.25) is 0 Å². The number of hydrogen-bond donors (Lipinski definition) is 4. The van der Waals surface area contributed by atoms with Gasteiger partial charge in [0.15, 0.2) is 0 Å². The molecule has 0 amide bonds. The average molecular weight is 252 g/mol. The van der Waals surface area contributed by atoms with Gasteiger partial charge in [-0.25, -0.2) is 0 Å². The molecule has 5 heteroatoms. The highest BCUT2D eigenvalue weighted by Crippen LogP contribution is 2.03. The summed E-state index contributed by atoms with van der Waals surface area (Å²) in [5.41, 5.74) is 0. The molecule has 0 rings (SSSR count). The molecule has 0 fully saturated rings. The van der Waals surface area contributed by atoms with E-state index in [4.69, 9.17) is 20.4 Å². The fraction of sp³-hybridized carbons (Fsp3) is 1.00. The smallest absolute Gasteiger partial charge is 0.0698 e. The molecule has 0 aromatic heterocycles. The summed E-state index contributed by atoms with van der Waals surface area (Å²) in [5, 5.41) is 33.0. The molecule has 0 aliphatic carbocycles. The third-order valence-corrected chi connectivity index (χ3v) is 2.04. The van der Waals surface area contributed by atoms with E-state index in [1.165, 1.54) is 12.8 Å². The topological polar surface area (TPSA) is 90.2 Å². The highest BCUT2D eigenvalue weighted by Gasteiger charge is 1.88. The molecule has 0 saturated heterocycles. The maximum absolute atomic E-state index is 8.43. The first-order valence-corrected chi connectivity index (χ1v) is 6.34. The van der Waals surface area contributed by atoms with Gasteiger partial charge in [0.25, 0.3) is 0 Å². The van der Waals surface area contributed by atoms with E-state index in [0.717, 1.165) is 25.7 Å². The molecular formula is C12H28O5. The SMILES string of the molecule is OCCCCCCCCO.OCCOCCO. The van der Waals surface area contributed by atoms with Gasteiger partial charge in [-0.1, -0.05) is 25.7 Å². The molecule has 106 valence electrons. The van der Waals surface area contributed by atoms with E-state index in [9.17, 15) is 0 Å². The quantitative estimate of drug-likeness (QED) is 0.397. The lowest BCUT2D eigenvalue weighted by Gasteiger charge is -1.97. The van der Waals surface area contributed by atoms with Crippen molar-refractivity contribution in [1.82, 2.24) is 0 Å². The highest BCUT2D eigenvalue weighted by atomic mass is 16.5. The lowest BCUT2D eigenvalue weighted by Crippen LogP contribution is -2.03. The predicted molar refractivity (Wildman–Crippen MR) is 66.9 cm³/mol. The summed E-state index contributed by atoms with van der Waals surface area (Å²) in [4.78, 5) is 0. The van der Waals surface area contributed by atoms with Crippen LogP contribution < -0.4 is 0 Å². The monoisotopic (exact) mass is 252 g/mol. The number of hydrogen-bond acceptors (Lipinski definition) is 5. The van der Waals surface area contributed by atoms with Crippen LogP contribution in [0.4, 0.5) is 0 Å². The number of rotatable bonds is 11. The van der Waals surface area contributed by atoms with Gasteiger partial charge in [-0.15, -0.1) is 0 Å². The molecule has 0 saturated carbocycles. The van der Waals surface area contributed by atoms with E-state index in [1.54, 1.807) is 0 Å². The molecule has 0 atom stereocenters. The second-order valence-corrected chi connectivity index (χ2v) is 3.63. The second kappa shape index (κ2) is 21.1. The first kappa shape index (κ1) is 19.1. The molecule has 0 bridgehead atoms. The third-order valence-electron chi connectivity index (χ3n) is 2.04. The van der Waals surface area contributed by atoms with Gasteiger partial charge in [0, 0.05) is 13.2 Å². The van der Waals surface area contributed by atoms with Gasteiger partial charge in [-0.2, -0.15) is 0 Å².